The van der Waals surface area contributed by atoms with Crippen molar-refractivity contribution in [1.29, 1.82) is 0 Å². The van der Waals surface area contributed by atoms with Gasteiger partial charge in [-0.05, 0) is 59.5 Å². The Labute approximate surface area is 173 Å². The molecule has 7 heteroatoms. The molecule has 0 fully saturated rings. The summed E-state index contributed by atoms with van der Waals surface area (Å²) in [5, 5.41) is 6.33. The summed E-state index contributed by atoms with van der Waals surface area (Å²) in [4.78, 5) is 26.5. The first-order valence-corrected chi connectivity index (χ1v) is 9.70. The van der Waals surface area contributed by atoms with E-state index >= 15 is 0 Å². The molecule has 0 aliphatic carbocycles. The highest BCUT2D eigenvalue weighted by Gasteiger charge is 2.23. The monoisotopic (exact) mass is 409 g/mol. The van der Waals surface area contributed by atoms with E-state index in [1.807, 2.05) is 30.3 Å². The van der Waals surface area contributed by atoms with E-state index in [4.69, 9.17) is 16.0 Å². The van der Waals surface area contributed by atoms with Gasteiger partial charge in [0.05, 0.1) is 6.26 Å². The normalized spacial score (nSPS) is 12.9. The zero-order valence-corrected chi connectivity index (χ0v) is 16.4. The number of hydrogen-bond acceptors (Lipinski definition) is 3. The van der Waals surface area contributed by atoms with E-state index in [0.717, 1.165) is 17.5 Å². The van der Waals surface area contributed by atoms with Gasteiger partial charge in [0.25, 0.3) is 5.91 Å². The number of benzene rings is 2. The minimum Gasteiger partial charge on any atom is -0.459 e. The van der Waals surface area contributed by atoms with Gasteiger partial charge in [-0.2, -0.15) is 0 Å². The van der Waals surface area contributed by atoms with Gasteiger partial charge in [-0.1, -0.05) is 29.8 Å². The standard InChI is InChI=1S/C22H20ClN3O3/c23-18-6-3-15(4-7-18)13-24-22(28)25-19-8-5-16-9-10-26(14-17(16)12-19)21(27)20-2-1-11-29-20/h1-8,11-12H,9-10,13-14H2,(H2,24,25,28). The molecule has 0 bridgehead atoms. The summed E-state index contributed by atoms with van der Waals surface area (Å²) in [5.41, 5.74) is 3.85. The van der Waals surface area contributed by atoms with Gasteiger partial charge in [0.2, 0.25) is 0 Å². The number of rotatable bonds is 4. The molecular formula is C22H20ClN3O3. The molecule has 0 radical (unpaired) electrons. The van der Waals surface area contributed by atoms with Crippen molar-refractivity contribution >= 4 is 29.2 Å². The maximum Gasteiger partial charge on any atom is 0.319 e. The second kappa shape index (κ2) is 8.41. The molecule has 3 aromatic rings. The SMILES string of the molecule is O=C(NCc1ccc(Cl)cc1)Nc1ccc2c(c1)CN(C(=O)c1ccco1)CC2. The van der Waals surface area contributed by atoms with Crippen molar-refractivity contribution in [3.63, 3.8) is 0 Å². The van der Waals surface area contributed by atoms with Crippen LogP contribution in [0.3, 0.4) is 0 Å². The summed E-state index contributed by atoms with van der Waals surface area (Å²) in [6.45, 7) is 1.52. The van der Waals surface area contributed by atoms with E-state index in [1.54, 1.807) is 29.2 Å². The molecule has 4 rings (SSSR count). The van der Waals surface area contributed by atoms with Crippen LogP contribution in [0, 0.1) is 0 Å². The molecule has 0 spiro atoms. The molecule has 1 aromatic heterocycles. The Kier molecular flexibility index (Phi) is 5.53. The molecule has 0 saturated carbocycles. The Balaban J connectivity index is 1.37. The van der Waals surface area contributed by atoms with Crippen LogP contribution in [0.5, 0.6) is 0 Å². The number of carbonyl (C=O) groups is 2. The van der Waals surface area contributed by atoms with Gasteiger partial charge >= 0.3 is 6.03 Å². The number of halogens is 1. The summed E-state index contributed by atoms with van der Waals surface area (Å²) < 4.78 is 5.22. The average molecular weight is 410 g/mol. The van der Waals surface area contributed by atoms with Crippen LogP contribution in [-0.2, 0) is 19.5 Å². The number of furan rings is 1. The maximum atomic E-state index is 12.5. The molecule has 0 saturated heterocycles. The van der Waals surface area contributed by atoms with Gasteiger partial charge in [-0.25, -0.2) is 4.79 Å². The summed E-state index contributed by atoms with van der Waals surface area (Å²) in [6.07, 6.45) is 2.26. The van der Waals surface area contributed by atoms with Crippen LogP contribution in [0.2, 0.25) is 5.02 Å². The summed E-state index contributed by atoms with van der Waals surface area (Å²) in [7, 11) is 0. The molecule has 3 amide bonds. The number of urea groups is 1. The zero-order valence-electron chi connectivity index (χ0n) is 15.7. The van der Waals surface area contributed by atoms with E-state index in [-0.39, 0.29) is 11.9 Å². The van der Waals surface area contributed by atoms with Crippen LogP contribution >= 0.6 is 11.6 Å². The van der Waals surface area contributed by atoms with E-state index in [9.17, 15) is 9.59 Å². The topological polar surface area (TPSA) is 74.6 Å². The van der Waals surface area contributed by atoms with Crippen molar-refractivity contribution in [2.45, 2.75) is 19.5 Å². The lowest BCUT2D eigenvalue weighted by atomic mass is 9.99. The van der Waals surface area contributed by atoms with Crippen LogP contribution < -0.4 is 10.6 Å². The van der Waals surface area contributed by atoms with Crippen LogP contribution in [0.4, 0.5) is 10.5 Å². The highest BCUT2D eigenvalue weighted by Crippen LogP contribution is 2.24. The van der Waals surface area contributed by atoms with Gasteiger partial charge in [0.15, 0.2) is 5.76 Å². The Morgan fingerprint density at radius 2 is 1.90 bits per heavy atom. The Morgan fingerprint density at radius 3 is 2.66 bits per heavy atom. The van der Waals surface area contributed by atoms with Gasteiger partial charge in [-0.15, -0.1) is 0 Å². The highest BCUT2D eigenvalue weighted by molar-refractivity contribution is 6.30. The first-order valence-electron chi connectivity index (χ1n) is 9.32. The lowest BCUT2D eigenvalue weighted by Gasteiger charge is -2.28. The molecule has 148 valence electrons. The number of amides is 3. The fourth-order valence-corrected chi connectivity index (χ4v) is 3.45. The van der Waals surface area contributed by atoms with Crippen molar-refractivity contribution in [2.24, 2.45) is 0 Å². The molecule has 6 nitrogen and oxygen atoms in total. The van der Waals surface area contributed by atoms with Crippen LogP contribution in [0.1, 0.15) is 27.2 Å². The lowest BCUT2D eigenvalue weighted by Crippen LogP contribution is -2.36. The molecule has 2 aromatic carbocycles. The molecule has 0 unspecified atom stereocenters. The minimum absolute atomic E-state index is 0.125. The first-order chi connectivity index (χ1) is 14.1. The molecule has 2 heterocycles. The van der Waals surface area contributed by atoms with E-state index < -0.39 is 0 Å². The third-order valence-corrected chi connectivity index (χ3v) is 5.11. The highest BCUT2D eigenvalue weighted by atomic mass is 35.5. The number of nitrogens with zero attached hydrogens (tertiary/aromatic N) is 1. The lowest BCUT2D eigenvalue weighted by molar-refractivity contribution is 0.0702. The summed E-state index contributed by atoms with van der Waals surface area (Å²) in [5.74, 6) is 0.212. The predicted octanol–water partition coefficient (Wildman–Crippen LogP) is 4.45. The number of nitrogens with one attached hydrogen (secondary N) is 2. The van der Waals surface area contributed by atoms with Crippen LogP contribution in [0.15, 0.2) is 65.3 Å². The summed E-state index contributed by atoms with van der Waals surface area (Å²) >= 11 is 5.87. The molecule has 1 aliphatic rings. The molecule has 0 atom stereocenters. The third-order valence-electron chi connectivity index (χ3n) is 4.86. The quantitative estimate of drug-likeness (QED) is 0.668. The number of hydrogen-bond donors (Lipinski definition) is 2. The van der Waals surface area contributed by atoms with Crippen molar-refractivity contribution in [2.75, 3.05) is 11.9 Å². The van der Waals surface area contributed by atoms with Gasteiger partial charge in [-0.3, -0.25) is 4.79 Å². The predicted molar refractivity (Wildman–Crippen MR) is 111 cm³/mol. The van der Waals surface area contributed by atoms with Crippen LogP contribution in [-0.4, -0.2) is 23.4 Å². The minimum atomic E-state index is -0.292. The van der Waals surface area contributed by atoms with Crippen molar-refractivity contribution < 1.29 is 14.0 Å². The number of carbonyl (C=O) groups excluding carboxylic acids is 2. The first kappa shape index (κ1) is 19.1. The van der Waals surface area contributed by atoms with E-state index in [0.29, 0.717) is 36.1 Å². The van der Waals surface area contributed by atoms with Crippen molar-refractivity contribution in [3.05, 3.63) is 88.3 Å². The largest absolute Gasteiger partial charge is 0.459 e. The Bertz CT molecular complexity index is 1020. The fourth-order valence-electron chi connectivity index (χ4n) is 3.32. The smallest absolute Gasteiger partial charge is 0.319 e. The maximum absolute atomic E-state index is 12.5. The molecule has 1 aliphatic heterocycles. The Hall–Kier alpha value is -3.25. The average Bonchev–Trinajstić information content (AvgIpc) is 3.27. The molecule has 29 heavy (non-hydrogen) atoms. The van der Waals surface area contributed by atoms with Gasteiger partial charge in [0, 0.05) is 30.3 Å². The van der Waals surface area contributed by atoms with Crippen molar-refractivity contribution in [1.82, 2.24) is 10.2 Å². The molecule has 2 N–H and O–H groups in total. The van der Waals surface area contributed by atoms with Crippen molar-refractivity contribution in [3.8, 4) is 0 Å². The summed E-state index contributed by atoms with van der Waals surface area (Å²) in [6, 6.07) is 16.2. The van der Waals surface area contributed by atoms with Gasteiger partial charge in [0.1, 0.15) is 0 Å². The number of fused-ring (bicyclic) bond motifs is 1. The second-order valence-corrected chi connectivity index (χ2v) is 7.31. The van der Waals surface area contributed by atoms with Crippen LogP contribution in [0.25, 0.3) is 0 Å². The Morgan fingerprint density at radius 1 is 1.07 bits per heavy atom. The third kappa shape index (κ3) is 4.60. The number of anilines is 1. The fraction of sp³-hybridized carbons (Fsp3) is 0.182. The van der Waals surface area contributed by atoms with Gasteiger partial charge < -0.3 is 20.0 Å². The molecular weight excluding hydrogens is 390 g/mol. The van der Waals surface area contributed by atoms with E-state index in [2.05, 4.69) is 10.6 Å². The second-order valence-electron chi connectivity index (χ2n) is 6.87. The van der Waals surface area contributed by atoms with E-state index in [1.165, 1.54) is 11.8 Å². The zero-order chi connectivity index (χ0) is 20.2.